The summed E-state index contributed by atoms with van der Waals surface area (Å²) in [6.45, 7) is -0.396. The molecule has 1 amide bonds. The summed E-state index contributed by atoms with van der Waals surface area (Å²) in [4.78, 5) is 24.6. The van der Waals surface area contributed by atoms with Crippen molar-refractivity contribution in [2.75, 3.05) is 11.9 Å². The van der Waals surface area contributed by atoms with E-state index in [0.29, 0.717) is 4.91 Å². The number of nitrogens with one attached hydrogen (secondary N) is 1. The zero-order valence-electron chi connectivity index (χ0n) is 11.2. The molecule has 0 aromatic heterocycles. The summed E-state index contributed by atoms with van der Waals surface area (Å²) >= 11 is 9.67. The van der Waals surface area contributed by atoms with Crippen molar-refractivity contribution in [2.45, 2.75) is 12.5 Å². The van der Waals surface area contributed by atoms with Gasteiger partial charge < -0.3 is 10.4 Å². The quantitative estimate of drug-likeness (QED) is 0.602. The number of carboxylic acids is 1. The number of hydrogen-bond donors (Lipinski definition) is 2. The number of thiocarbonyl (C=S) groups is 1. The van der Waals surface area contributed by atoms with Gasteiger partial charge in [0.1, 0.15) is 10.9 Å². The van der Waals surface area contributed by atoms with Crippen molar-refractivity contribution in [1.82, 2.24) is 4.90 Å². The van der Waals surface area contributed by atoms with Gasteiger partial charge >= 0.3 is 5.97 Å². The molecular formula is C14H11BrN2O3S2. The van der Waals surface area contributed by atoms with E-state index in [2.05, 4.69) is 21.2 Å². The molecule has 0 aliphatic carbocycles. The molecule has 2 aliphatic heterocycles. The molecule has 22 heavy (non-hydrogen) atoms. The average Bonchev–Trinajstić information content (AvgIpc) is 2.94. The molecule has 0 saturated carbocycles. The summed E-state index contributed by atoms with van der Waals surface area (Å²) in [7, 11) is 0. The summed E-state index contributed by atoms with van der Waals surface area (Å²) in [6, 6.07) is 6.00. The molecule has 0 radical (unpaired) electrons. The van der Waals surface area contributed by atoms with E-state index in [1.54, 1.807) is 0 Å². The van der Waals surface area contributed by atoms with Crippen LogP contribution in [0.2, 0.25) is 0 Å². The topological polar surface area (TPSA) is 69.6 Å². The van der Waals surface area contributed by atoms with E-state index in [0.717, 1.165) is 33.2 Å². The molecule has 2 heterocycles. The Labute approximate surface area is 144 Å². The second kappa shape index (κ2) is 6.02. The van der Waals surface area contributed by atoms with Crippen LogP contribution in [0.25, 0.3) is 0 Å². The van der Waals surface area contributed by atoms with Crippen LogP contribution in [0.15, 0.2) is 33.7 Å². The van der Waals surface area contributed by atoms with Crippen LogP contribution < -0.4 is 5.32 Å². The lowest BCUT2D eigenvalue weighted by Crippen LogP contribution is -2.33. The van der Waals surface area contributed by atoms with Crippen molar-refractivity contribution >= 4 is 61.8 Å². The number of nitrogens with zero attached hydrogens (tertiary/aromatic N) is 1. The molecule has 1 fully saturated rings. The summed E-state index contributed by atoms with van der Waals surface area (Å²) in [5, 5.41) is 12.2. The van der Waals surface area contributed by atoms with Gasteiger partial charge in [0.05, 0.1) is 10.9 Å². The van der Waals surface area contributed by atoms with Crippen molar-refractivity contribution in [3.63, 3.8) is 0 Å². The number of benzene rings is 1. The van der Waals surface area contributed by atoms with Gasteiger partial charge in [-0.15, -0.1) is 0 Å². The van der Waals surface area contributed by atoms with Crippen molar-refractivity contribution in [3.05, 3.63) is 39.2 Å². The summed E-state index contributed by atoms with van der Waals surface area (Å²) in [5.74, 6) is -1.41. The smallest absolute Gasteiger partial charge is 0.323 e. The standard InChI is InChI=1S/C14H11BrN2O3S2/c15-8-1-2-10-7(3-8)4-9(16-10)5-11-13(20)17(6-12(18)19)14(21)22-11/h1-3,5,9,16H,4,6H2,(H,18,19)/b11-5-. The van der Waals surface area contributed by atoms with E-state index in [9.17, 15) is 9.59 Å². The summed E-state index contributed by atoms with van der Waals surface area (Å²) in [5.41, 5.74) is 2.22. The lowest BCUT2D eigenvalue weighted by Gasteiger charge is -2.10. The van der Waals surface area contributed by atoms with Crippen LogP contribution in [0.1, 0.15) is 5.56 Å². The molecule has 2 N–H and O–H groups in total. The Bertz CT molecular complexity index is 720. The number of rotatable bonds is 3. The first-order chi connectivity index (χ1) is 10.4. The zero-order valence-corrected chi connectivity index (χ0v) is 14.4. The van der Waals surface area contributed by atoms with Gasteiger partial charge in [-0.05, 0) is 36.3 Å². The Morgan fingerprint density at radius 2 is 2.36 bits per heavy atom. The van der Waals surface area contributed by atoms with Gasteiger partial charge in [0, 0.05) is 10.2 Å². The number of hydrogen-bond acceptors (Lipinski definition) is 5. The van der Waals surface area contributed by atoms with Gasteiger partial charge in [0.25, 0.3) is 5.91 Å². The van der Waals surface area contributed by atoms with Crippen LogP contribution in [-0.4, -0.2) is 38.8 Å². The molecule has 3 rings (SSSR count). The molecule has 1 atom stereocenters. The first-order valence-electron chi connectivity index (χ1n) is 6.46. The van der Waals surface area contributed by atoms with Crippen LogP contribution in [0.3, 0.4) is 0 Å². The van der Waals surface area contributed by atoms with Crippen molar-refractivity contribution in [3.8, 4) is 0 Å². The minimum atomic E-state index is -1.08. The highest BCUT2D eigenvalue weighted by Gasteiger charge is 2.34. The van der Waals surface area contributed by atoms with Gasteiger partial charge in [0.2, 0.25) is 0 Å². The number of thioether (sulfide) groups is 1. The fourth-order valence-electron chi connectivity index (χ4n) is 2.43. The number of fused-ring (bicyclic) bond motifs is 1. The number of carbonyl (C=O) groups excluding carboxylic acids is 1. The fourth-order valence-corrected chi connectivity index (χ4v) is 4.13. The monoisotopic (exact) mass is 398 g/mol. The van der Waals surface area contributed by atoms with Crippen LogP contribution in [0, 0.1) is 0 Å². The maximum absolute atomic E-state index is 12.2. The van der Waals surface area contributed by atoms with Crippen molar-refractivity contribution in [2.24, 2.45) is 0 Å². The van der Waals surface area contributed by atoms with Crippen molar-refractivity contribution < 1.29 is 14.7 Å². The Morgan fingerprint density at radius 1 is 1.59 bits per heavy atom. The molecule has 1 unspecified atom stereocenters. The zero-order chi connectivity index (χ0) is 15.9. The van der Waals surface area contributed by atoms with Gasteiger partial charge in [0.15, 0.2) is 0 Å². The molecular weight excluding hydrogens is 388 g/mol. The number of anilines is 1. The van der Waals surface area contributed by atoms with Crippen LogP contribution >= 0.6 is 39.9 Å². The van der Waals surface area contributed by atoms with E-state index < -0.39 is 12.5 Å². The minimum Gasteiger partial charge on any atom is -0.480 e. The molecule has 0 bridgehead atoms. The Hall–Kier alpha value is -1.38. The molecule has 114 valence electrons. The maximum Gasteiger partial charge on any atom is 0.323 e. The van der Waals surface area contributed by atoms with Gasteiger partial charge in [-0.3, -0.25) is 14.5 Å². The number of carbonyl (C=O) groups is 2. The van der Waals surface area contributed by atoms with E-state index in [-0.39, 0.29) is 16.3 Å². The number of amides is 1. The highest BCUT2D eigenvalue weighted by molar-refractivity contribution is 9.10. The Morgan fingerprint density at radius 3 is 3.09 bits per heavy atom. The van der Waals surface area contributed by atoms with Crippen molar-refractivity contribution in [1.29, 1.82) is 0 Å². The molecule has 1 aromatic rings. The number of halogens is 1. The Balaban J connectivity index is 1.76. The number of carboxylic acid groups (broad SMARTS) is 1. The molecule has 8 heteroatoms. The summed E-state index contributed by atoms with van der Waals surface area (Å²) in [6.07, 6.45) is 2.60. The molecule has 1 saturated heterocycles. The van der Waals surface area contributed by atoms with Crippen LogP contribution in [0.5, 0.6) is 0 Å². The third kappa shape index (κ3) is 3.04. The predicted molar refractivity (Wildman–Crippen MR) is 92.9 cm³/mol. The third-order valence-electron chi connectivity index (χ3n) is 3.37. The number of aliphatic carboxylic acids is 1. The molecule has 5 nitrogen and oxygen atoms in total. The molecule has 2 aliphatic rings. The lowest BCUT2D eigenvalue weighted by molar-refractivity contribution is -0.140. The van der Waals surface area contributed by atoms with Crippen LogP contribution in [0.4, 0.5) is 5.69 Å². The fraction of sp³-hybridized carbons (Fsp3) is 0.214. The minimum absolute atomic E-state index is 0.00308. The predicted octanol–water partition coefficient (Wildman–Crippen LogP) is 2.61. The highest BCUT2D eigenvalue weighted by atomic mass is 79.9. The van der Waals surface area contributed by atoms with E-state index in [4.69, 9.17) is 17.3 Å². The SMILES string of the molecule is O=C(O)CN1C(=O)/C(=C/C2Cc3cc(Br)ccc3N2)SC1=S. The van der Waals surface area contributed by atoms with Gasteiger partial charge in [-0.1, -0.05) is 39.9 Å². The normalized spacial score (nSPS) is 22.1. The van der Waals surface area contributed by atoms with E-state index in [1.165, 1.54) is 5.56 Å². The van der Waals surface area contributed by atoms with Crippen LogP contribution in [-0.2, 0) is 16.0 Å². The largest absolute Gasteiger partial charge is 0.480 e. The highest BCUT2D eigenvalue weighted by Crippen LogP contribution is 2.34. The van der Waals surface area contributed by atoms with E-state index >= 15 is 0 Å². The van der Waals surface area contributed by atoms with Gasteiger partial charge in [-0.2, -0.15) is 0 Å². The van der Waals surface area contributed by atoms with Gasteiger partial charge in [-0.25, -0.2) is 0 Å². The van der Waals surface area contributed by atoms with E-state index in [1.807, 2.05) is 24.3 Å². The first-order valence-corrected chi connectivity index (χ1v) is 8.48. The first kappa shape index (κ1) is 15.5. The lowest BCUT2D eigenvalue weighted by atomic mass is 10.1. The molecule has 1 aromatic carbocycles. The second-order valence-electron chi connectivity index (χ2n) is 4.94. The average molecular weight is 399 g/mol. The maximum atomic E-state index is 12.2. The third-order valence-corrected chi connectivity index (χ3v) is 5.26. The second-order valence-corrected chi connectivity index (χ2v) is 7.53. The Kier molecular flexibility index (Phi) is 4.24. The molecule has 0 spiro atoms. The summed E-state index contributed by atoms with van der Waals surface area (Å²) < 4.78 is 1.30.